The average Bonchev–Trinajstić information content (AvgIpc) is 2.96. The van der Waals surface area contributed by atoms with Gasteiger partial charge in [-0.1, -0.05) is 0 Å². The quantitative estimate of drug-likeness (QED) is 0.377. The van der Waals surface area contributed by atoms with Crippen molar-refractivity contribution in [3.05, 3.63) is 0 Å². The Kier molecular flexibility index (Phi) is 6.41. The molecule has 128 valence electrons. The summed E-state index contributed by atoms with van der Waals surface area (Å²) in [6.07, 6.45) is -2.16. The maximum Gasteiger partial charge on any atom is 0.472 e. The Morgan fingerprint density at radius 2 is 1.91 bits per heavy atom. The van der Waals surface area contributed by atoms with Gasteiger partial charge in [-0.3, -0.25) is 9.05 Å². The predicted octanol–water partition coefficient (Wildman–Crippen LogP) is -1.44. The van der Waals surface area contributed by atoms with E-state index in [1.807, 2.05) is 7.85 Å². The molecule has 2 heterocycles. The molecule has 0 aromatic rings. The molecule has 0 spiro atoms. The molecule has 0 aliphatic carbocycles. The maximum absolute atomic E-state index is 11.8. The summed E-state index contributed by atoms with van der Waals surface area (Å²) in [5.74, 6) is -0.589. The summed E-state index contributed by atoms with van der Waals surface area (Å²) in [6.45, 7) is -0.398. The van der Waals surface area contributed by atoms with E-state index in [1.165, 1.54) is 0 Å². The lowest BCUT2D eigenvalue weighted by Crippen LogP contribution is -2.28. The molecule has 2 fully saturated rings. The Balaban J connectivity index is 1.75. The van der Waals surface area contributed by atoms with Gasteiger partial charge in [0.15, 0.2) is 12.6 Å². The lowest BCUT2D eigenvalue weighted by molar-refractivity contribution is -0.170. The Labute approximate surface area is 129 Å². The van der Waals surface area contributed by atoms with Gasteiger partial charge in [0.2, 0.25) is 0 Å². The SMILES string of the molecule is B[C@H]1C[C@@H](OC)[C@@H](COP(=O)(O)OC[C@@H]2CC(O)OC2O)O1. The highest BCUT2D eigenvalue weighted by molar-refractivity contribution is 7.47. The molecule has 0 aromatic heterocycles. The van der Waals surface area contributed by atoms with Crippen LogP contribution < -0.4 is 0 Å². The van der Waals surface area contributed by atoms with Gasteiger partial charge < -0.3 is 29.3 Å². The van der Waals surface area contributed by atoms with Gasteiger partial charge in [0.05, 0.1) is 19.3 Å². The summed E-state index contributed by atoms with van der Waals surface area (Å²) in [5.41, 5.74) is 0. The van der Waals surface area contributed by atoms with E-state index in [0.717, 1.165) is 0 Å². The number of phosphoric acid groups is 1. The molecule has 3 N–H and O–H groups in total. The lowest BCUT2D eigenvalue weighted by Gasteiger charge is -2.20. The molecule has 2 rings (SSSR count). The van der Waals surface area contributed by atoms with Crippen molar-refractivity contribution in [1.29, 1.82) is 0 Å². The van der Waals surface area contributed by atoms with Crippen LogP contribution in [0.3, 0.4) is 0 Å². The molecule has 2 aliphatic rings. The molecular weight excluding hydrogens is 318 g/mol. The number of hydrogen-bond acceptors (Lipinski definition) is 8. The fourth-order valence-electron chi connectivity index (χ4n) is 2.56. The minimum atomic E-state index is -4.28. The molecule has 22 heavy (non-hydrogen) atoms. The van der Waals surface area contributed by atoms with E-state index < -0.39 is 32.4 Å². The smallest absolute Gasteiger partial charge is 0.379 e. The van der Waals surface area contributed by atoms with Crippen molar-refractivity contribution in [1.82, 2.24) is 0 Å². The topological polar surface area (TPSA) is 124 Å². The minimum absolute atomic E-state index is 0.00943. The fourth-order valence-corrected chi connectivity index (χ4v) is 3.35. The highest BCUT2D eigenvalue weighted by Gasteiger charge is 2.37. The molecule has 7 atom stereocenters. The van der Waals surface area contributed by atoms with Gasteiger partial charge in [0, 0.05) is 25.5 Å². The van der Waals surface area contributed by atoms with Crippen LogP contribution in [0.2, 0.25) is 0 Å². The Hall–Kier alpha value is -0.0251. The van der Waals surface area contributed by atoms with E-state index in [9.17, 15) is 19.7 Å². The van der Waals surface area contributed by atoms with Gasteiger partial charge in [-0.2, -0.15) is 0 Å². The number of ether oxygens (including phenoxy) is 3. The molecule has 0 aromatic carbocycles. The summed E-state index contributed by atoms with van der Waals surface area (Å²) >= 11 is 0. The van der Waals surface area contributed by atoms with Crippen LogP contribution in [0.15, 0.2) is 0 Å². The summed E-state index contributed by atoms with van der Waals surface area (Å²) in [6, 6.07) is -0.00943. The van der Waals surface area contributed by atoms with Crippen molar-refractivity contribution in [2.24, 2.45) is 5.92 Å². The highest BCUT2D eigenvalue weighted by Crippen LogP contribution is 2.45. The van der Waals surface area contributed by atoms with Crippen molar-refractivity contribution in [3.63, 3.8) is 0 Å². The molecular formula is C11H22BO9P. The third-order valence-electron chi connectivity index (χ3n) is 3.75. The van der Waals surface area contributed by atoms with Gasteiger partial charge in [0.1, 0.15) is 14.0 Å². The number of aliphatic hydroxyl groups excluding tert-OH is 2. The van der Waals surface area contributed by atoms with Crippen molar-refractivity contribution in [2.45, 2.75) is 43.6 Å². The van der Waals surface area contributed by atoms with Gasteiger partial charge in [-0.25, -0.2) is 4.57 Å². The van der Waals surface area contributed by atoms with E-state index in [2.05, 4.69) is 0 Å². The third-order valence-corrected chi connectivity index (χ3v) is 4.70. The highest BCUT2D eigenvalue weighted by atomic mass is 31.2. The Morgan fingerprint density at radius 1 is 1.23 bits per heavy atom. The molecule has 0 bridgehead atoms. The number of phosphoric ester groups is 1. The first-order valence-electron chi connectivity index (χ1n) is 7.12. The van der Waals surface area contributed by atoms with Crippen LogP contribution >= 0.6 is 7.82 Å². The number of rotatable bonds is 7. The van der Waals surface area contributed by atoms with Crippen LogP contribution in [0.4, 0.5) is 0 Å². The second-order valence-corrected chi connectivity index (χ2v) is 6.99. The van der Waals surface area contributed by atoms with Crippen molar-refractivity contribution < 1.29 is 42.9 Å². The monoisotopic (exact) mass is 340 g/mol. The van der Waals surface area contributed by atoms with Gasteiger partial charge in [0.25, 0.3) is 0 Å². The molecule has 0 saturated carbocycles. The molecule has 2 saturated heterocycles. The number of aliphatic hydroxyl groups is 2. The van der Waals surface area contributed by atoms with Crippen LogP contribution in [-0.4, -0.2) is 74.1 Å². The standard InChI is InChI=1S/C11H22BO9P/c1-17-7-3-9(12)20-8(7)5-19-22(15,16)18-4-6-2-10(13)21-11(6)14/h6-11,13-14H,2-5,12H2,1H3,(H,15,16)/t6-,7+,8+,9+,10?,11?/m0/s1. The van der Waals surface area contributed by atoms with Crippen molar-refractivity contribution in [3.8, 4) is 0 Å². The van der Waals surface area contributed by atoms with E-state index in [1.54, 1.807) is 7.11 Å². The van der Waals surface area contributed by atoms with Crippen molar-refractivity contribution >= 4 is 15.7 Å². The zero-order valence-electron chi connectivity index (χ0n) is 12.5. The van der Waals surface area contributed by atoms with Crippen molar-refractivity contribution in [2.75, 3.05) is 20.3 Å². The second-order valence-electron chi connectivity index (χ2n) is 5.53. The molecule has 2 aliphatic heterocycles. The second kappa shape index (κ2) is 7.70. The lowest BCUT2D eigenvalue weighted by atomic mass is 9.96. The van der Waals surface area contributed by atoms with E-state index in [0.29, 0.717) is 6.42 Å². The van der Waals surface area contributed by atoms with Gasteiger partial charge in [-0.05, 0) is 6.42 Å². The van der Waals surface area contributed by atoms with Crippen LogP contribution in [0.1, 0.15) is 12.8 Å². The van der Waals surface area contributed by atoms with Crippen LogP contribution in [0, 0.1) is 5.92 Å². The minimum Gasteiger partial charge on any atom is -0.379 e. The molecule has 11 heteroatoms. The van der Waals surface area contributed by atoms with E-state index in [-0.39, 0.29) is 31.7 Å². The maximum atomic E-state index is 11.8. The normalized spacial score (nSPS) is 41.6. The molecule has 3 unspecified atom stereocenters. The number of methoxy groups -OCH3 is 1. The molecule has 0 radical (unpaired) electrons. The zero-order chi connectivity index (χ0) is 16.3. The average molecular weight is 340 g/mol. The fraction of sp³-hybridized carbons (Fsp3) is 1.00. The summed E-state index contributed by atoms with van der Waals surface area (Å²) in [5, 5.41) is 18.6. The Morgan fingerprint density at radius 3 is 2.50 bits per heavy atom. The van der Waals surface area contributed by atoms with Crippen LogP contribution in [-0.2, 0) is 27.8 Å². The summed E-state index contributed by atoms with van der Waals surface area (Å²) in [7, 11) is -0.859. The predicted molar refractivity (Wildman–Crippen MR) is 75.6 cm³/mol. The first-order valence-corrected chi connectivity index (χ1v) is 8.62. The summed E-state index contributed by atoms with van der Waals surface area (Å²) in [4.78, 5) is 9.64. The largest absolute Gasteiger partial charge is 0.472 e. The number of hydrogen-bond donors (Lipinski definition) is 3. The zero-order valence-corrected chi connectivity index (χ0v) is 13.4. The summed E-state index contributed by atoms with van der Waals surface area (Å²) < 4.78 is 37.0. The van der Waals surface area contributed by atoms with Gasteiger partial charge in [-0.15, -0.1) is 0 Å². The van der Waals surface area contributed by atoms with E-state index >= 15 is 0 Å². The van der Waals surface area contributed by atoms with Crippen LogP contribution in [0.5, 0.6) is 0 Å². The molecule has 9 nitrogen and oxygen atoms in total. The first-order chi connectivity index (χ1) is 10.3. The van der Waals surface area contributed by atoms with Crippen LogP contribution in [0.25, 0.3) is 0 Å². The first kappa shape index (κ1) is 18.3. The third kappa shape index (κ3) is 4.99. The van der Waals surface area contributed by atoms with Gasteiger partial charge >= 0.3 is 7.82 Å². The molecule has 0 amide bonds. The Bertz CT molecular complexity index is 411. The van der Waals surface area contributed by atoms with E-state index in [4.69, 9.17) is 23.3 Å².